The lowest BCUT2D eigenvalue weighted by Crippen LogP contribution is -2.38. The minimum absolute atomic E-state index is 0.0230. The zero-order valence-corrected chi connectivity index (χ0v) is 25.8. The van der Waals surface area contributed by atoms with E-state index in [4.69, 9.17) is 23.2 Å². The number of anilines is 2. The van der Waals surface area contributed by atoms with Crippen molar-refractivity contribution in [1.29, 1.82) is 0 Å². The molecule has 0 saturated carbocycles. The number of fused-ring (bicyclic) bond motifs is 1. The number of rotatable bonds is 6. The van der Waals surface area contributed by atoms with Gasteiger partial charge in [-0.3, -0.25) is 14.5 Å². The maximum Gasteiger partial charge on any atom is 0.227 e. The molecule has 41 heavy (non-hydrogen) atoms. The van der Waals surface area contributed by atoms with Gasteiger partial charge in [0.05, 0.1) is 17.4 Å². The molecule has 2 unspecified atom stereocenters. The minimum atomic E-state index is -0.656. The molecule has 0 radical (unpaired) electrons. The number of benzene rings is 3. The molecule has 0 bridgehead atoms. The Morgan fingerprint density at radius 2 is 1.71 bits per heavy atom. The summed E-state index contributed by atoms with van der Waals surface area (Å²) >= 11 is 13.1. The van der Waals surface area contributed by atoms with Crippen LogP contribution in [0.1, 0.15) is 94.9 Å². The van der Waals surface area contributed by atoms with E-state index in [0.29, 0.717) is 40.4 Å². The number of carbonyl (C=O) groups is 2. The van der Waals surface area contributed by atoms with Crippen LogP contribution in [0, 0.1) is 0 Å². The summed E-state index contributed by atoms with van der Waals surface area (Å²) in [5.74, 6) is 0.0343. The van der Waals surface area contributed by atoms with E-state index in [9.17, 15) is 9.59 Å². The Kier molecular flexibility index (Phi) is 8.63. The Morgan fingerprint density at radius 3 is 2.39 bits per heavy atom. The Labute approximate surface area is 253 Å². The van der Waals surface area contributed by atoms with E-state index < -0.39 is 6.04 Å². The Bertz CT molecular complexity index is 1490. The van der Waals surface area contributed by atoms with Crippen molar-refractivity contribution in [3.63, 3.8) is 0 Å². The number of para-hydroxylation sites is 2. The number of unbranched alkanes of at least 4 members (excludes halogenated alkanes) is 2. The van der Waals surface area contributed by atoms with Crippen molar-refractivity contribution >= 4 is 46.3 Å². The summed E-state index contributed by atoms with van der Waals surface area (Å²) in [4.78, 5) is 30.1. The van der Waals surface area contributed by atoms with Gasteiger partial charge in [-0.05, 0) is 65.1 Å². The maximum absolute atomic E-state index is 14.2. The van der Waals surface area contributed by atoms with Gasteiger partial charge in [-0.25, -0.2) is 0 Å². The predicted molar refractivity (Wildman–Crippen MR) is 170 cm³/mol. The Balaban J connectivity index is 1.64. The van der Waals surface area contributed by atoms with E-state index in [0.717, 1.165) is 41.9 Å². The first-order valence-electron chi connectivity index (χ1n) is 14.6. The fourth-order valence-corrected chi connectivity index (χ4v) is 6.53. The second kappa shape index (κ2) is 12.0. The van der Waals surface area contributed by atoms with Crippen molar-refractivity contribution in [2.24, 2.45) is 0 Å². The van der Waals surface area contributed by atoms with Gasteiger partial charge in [0.15, 0.2) is 5.78 Å². The molecule has 0 spiro atoms. The standard InChI is InChI=1S/C35H38Cl2N2O2/c1-5-6-7-12-32(41)39-30-11-9-8-10-28(30)38-29-19-23(22-13-15-24(16-14-22)35(2,3)4)20-31(40)33(29)34(39)26-18-17-25(36)21-27(26)37/h8-11,13-18,21,23,34,38H,5-7,12,19-20H2,1-4H3. The van der Waals surface area contributed by atoms with Gasteiger partial charge in [-0.15, -0.1) is 0 Å². The maximum atomic E-state index is 14.2. The van der Waals surface area contributed by atoms with Crippen LogP contribution < -0.4 is 10.2 Å². The number of hydrogen-bond acceptors (Lipinski definition) is 3. The van der Waals surface area contributed by atoms with Crippen molar-refractivity contribution in [2.75, 3.05) is 10.2 Å². The number of amides is 1. The van der Waals surface area contributed by atoms with E-state index in [1.807, 2.05) is 30.3 Å². The van der Waals surface area contributed by atoms with E-state index >= 15 is 0 Å². The molecule has 1 aliphatic heterocycles. The Hall–Kier alpha value is -3.08. The summed E-state index contributed by atoms with van der Waals surface area (Å²) in [6, 6.07) is 21.1. The van der Waals surface area contributed by atoms with Gasteiger partial charge in [0.25, 0.3) is 0 Å². The smallest absolute Gasteiger partial charge is 0.227 e. The second-order valence-electron chi connectivity index (χ2n) is 12.2. The molecule has 0 aromatic heterocycles. The summed E-state index contributed by atoms with van der Waals surface area (Å²) in [6.07, 6.45) is 4.19. The first-order chi connectivity index (χ1) is 19.6. The molecular weight excluding hydrogens is 551 g/mol. The highest BCUT2D eigenvalue weighted by Gasteiger charge is 2.42. The van der Waals surface area contributed by atoms with Crippen LogP contribution >= 0.6 is 23.2 Å². The lowest BCUT2D eigenvalue weighted by Gasteiger charge is -2.35. The molecule has 6 heteroatoms. The number of hydrogen-bond donors (Lipinski definition) is 1. The highest BCUT2D eigenvalue weighted by atomic mass is 35.5. The number of Topliss-reactive ketones (excluding diaryl/α,β-unsaturated/α-hetero) is 1. The second-order valence-corrected chi connectivity index (χ2v) is 13.1. The third-order valence-electron chi connectivity index (χ3n) is 8.26. The van der Waals surface area contributed by atoms with Gasteiger partial charge in [0.2, 0.25) is 5.91 Å². The van der Waals surface area contributed by atoms with Crippen LogP contribution in [0.15, 0.2) is 78.0 Å². The molecule has 1 amide bonds. The van der Waals surface area contributed by atoms with Gasteiger partial charge in [0.1, 0.15) is 0 Å². The van der Waals surface area contributed by atoms with Crippen LogP contribution in [0.5, 0.6) is 0 Å². The average molecular weight is 590 g/mol. The topological polar surface area (TPSA) is 49.4 Å². The molecule has 1 heterocycles. The highest BCUT2D eigenvalue weighted by Crippen LogP contribution is 2.49. The number of allylic oxidation sites excluding steroid dienone is 1. The van der Waals surface area contributed by atoms with Crippen LogP contribution in [0.2, 0.25) is 10.0 Å². The molecule has 2 atom stereocenters. The molecule has 0 saturated heterocycles. The van der Waals surface area contributed by atoms with Gasteiger partial charge >= 0.3 is 0 Å². The SMILES string of the molecule is CCCCCC(=O)N1c2ccccc2NC2=C(C(=O)CC(c3ccc(C(C)(C)C)cc3)C2)C1c1ccc(Cl)cc1Cl. The fourth-order valence-electron chi connectivity index (χ4n) is 6.02. The molecule has 1 N–H and O–H groups in total. The zero-order chi connectivity index (χ0) is 29.3. The monoisotopic (exact) mass is 588 g/mol. The first-order valence-corrected chi connectivity index (χ1v) is 15.3. The van der Waals surface area contributed by atoms with Gasteiger partial charge < -0.3 is 5.32 Å². The number of ketones is 1. The number of nitrogens with zero attached hydrogens (tertiary/aromatic N) is 1. The molecule has 214 valence electrons. The number of halogens is 2. The summed E-state index contributed by atoms with van der Waals surface area (Å²) in [7, 11) is 0. The van der Waals surface area contributed by atoms with Gasteiger partial charge in [-0.2, -0.15) is 0 Å². The summed E-state index contributed by atoms with van der Waals surface area (Å²) in [5.41, 5.74) is 6.18. The zero-order valence-electron chi connectivity index (χ0n) is 24.3. The van der Waals surface area contributed by atoms with Crippen LogP contribution in [0.25, 0.3) is 0 Å². The number of nitrogens with one attached hydrogen (secondary N) is 1. The quantitative estimate of drug-likeness (QED) is 0.291. The average Bonchev–Trinajstić information content (AvgIpc) is 3.07. The summed E-state index contributed by atoms with van der Waals surface area (Å²) < 4.78 is 0. The predicted octanol–water partition coefficient (Wildman–Crippen LogP) is 9.77. The summed E-state index contributed by atoms with van der Waals surface area (Å²) in [5, 5.41) is 4.55. The molecule has 0 fully saturated rings. The van der Waals surface area contributed by atoms with Crippen LogP contribution in [-0.4, -0.2) is 11.7 Å². The van der Waals surface area contributed by atoms with E-state index in [2.05, 4.69) is 57.3 Å². The number of carbonyl (C=O) groups excluding carboxylic acids is 2. The van der Waals surface area contributed by atoms with Crippen molar-refractivity contribution in [1.82, 2.24) is 0 Å². The Morgan fingerprint density at radius 1 is 0.976 bits per heavy atom. The molecule has 2 aliphatic rings. The van der Waals surface area contributed by atoms with E-state index in [1.54, 1.807) is 17.0 Å². The van der Waals surface area contributed by atoms with E-state index in [-0.39, 0.29) is 23.0 Å². The van der Waals surface area contributed by atoms with Crippen molar-refractivity contribution in [3.05, 3.63) is 105 Å². The van der Waals surface area contributed by atoms with E-state index in [1.165, 1.54) is 5.56 Å². The third-order valence-corrected chi connectivity index (χ3v) is 8.82. The van der Waals surface area contributed by atoms with Gasteiger partial charge in [-0.1, -0.05) is 106 Å². The first kappa shape index (κ1) is 29.4. The third kappa shape index (κ3) is 6.10. The normalized spacial score (nSPS) is 18.9. The van der Waals surface area contributed by atoms with Crippen molar-refractivity contribution in [3.8, 4) is 0 Å². The summed E-state index contributed by atoms with van der Waals surface area (Å²) in [6.45, 7) is 8.73. The molecule has 3 aromatic rings. The van der Waals surface area contributed by atoms with Crippen molar-refractivity contribution in [2.45, 2.75) is 83.6 Å². The lowest BCUT2D eigenvalue weighted by molar-refractivity contribution is -0.119. The lowest BCUT2D eigenvalue weighted by atomic mass is 9.77. The highest BCUT2D eigenvalue weighted by molar-refractivity contribution is 6.35. The molecule has 3 aromatic carbocycles. The van der Waals surface area contributed by atoms with Crippen LogP contribution in [-0.2, 0) is 15.0 Å². The van der Waals surface area contributed by atoms with Crippen LogP contribution in [0.4, 0.5) is 11.4 Å². The molecule has 5 rings (SSSR count). The molecule has 4 nitrogen and oxygen atoms in total. The van der Waals surface area contributed by atoms with Gasteiger partial charge in [0, 0.05) is 34.2 Å². The largest absolute Gasteiger partial charge is 0.357 e. The van der Waals surface area contributed by atoms with Crippen LogP contribution in [0.3, 0.4) is 0 Å². The molecular formula is C35H38Cl2N2O2. The minimum Gasteiger partial charge on any atom is -0.357 e. The fraction of sp³-hybridized carbons (Fsp3) is 0.371. The molecule has 1 aliphatic carbocycles. The van der Waals surface area contributed by atoms with Crippen molar-refractivity contribution < 1.29 is 9.59 Å².